The lowest BCUT2D eigenvalue weighted by Gasteiger charge is -2.22. The number of ether oxygens (including phenoxy) is 3. The second kappa shape index (κ2) is 11.2. The van der Waals surface area contributed by atoms with Gasteiger partial charge in [-0.3, -0.25) is 18.6 Å². The highest BCUT2D eigenvalue weighted by Gasteiger charge is 2.56. The number of carbonyl (C=O) groups excluding carboxylic acids is 1. The largest absolute Gasteiger partial charge is 0.490 e. The van der Waals surface area contributed by atoms with Crippen molar-refractivity contribution in [2.24, 2.45) is 7.05 Å². The Kier molecular flexibility index (Phi) is 8.28. The normalized spacial score (nSPS) is 27.0. The van der Waals surface area contributed by atoms with Gasteiger partial charge in [-0.05, 0) is 0 Å². The lowest BCUT2D eigenvalue weighted by atomic mass is 10.1. The molecule has 0 bridgehead atoms. The number of aromatic amines is 1. The number of hydrogen-bond acceptors (Lipinski definition) is 15. The molecule has 22 nitrogen and oxygen atoms in total. The van der Waals surface area contributed by atoms with Crippen molar-refractivity contribution in [1.29, 1.82) is 0 Å². The van der Waals surface area contributed by atoms with E-state index in [1.807, 2.05) is 0 Å². The Morgan fingerprint density at radius 1 is 1.17 bits per heavy atom. The molecule has 0 radical (unpaired) electrons. The third-order valence-corrected chi connectivity index (χ3v) is 9.67. The first-order valence-electron chi connectivity index (χ1n) is 11.3. The highest BCUT2D eigenvalue weighted by molar-refractivity contribution is 7.71. The van der Waals surface area contributed by atoms with Crippen molar-refractivity contribution in [3.05, 3.63) is 23.2 Å². The smallest absolute Gasteiger partial charge is 0.369 e. The molecule has 2 aliphatic heterocycles. The second-order valence-electron chi connectivity index (χ2n) is 8.62. The van der Waals surface area contributed by atoms with Gasteiger partial charge in [0, 0.05) is 19.3 Å². The summed E-state index contributed by atoms with van der Waals surface area (Å²) in [5, 5.41) is 6.54. The number of phosphoric acid groups is 3. The van der Waals surface area contributed by atoms with E-state index in [4.69, 9.17) is 46.5 Å². The van der Waals surface area contributed by atoms with Crippen molar-refractivity contribution in [3.8, 4) is 0 Å². The summed E-state index contributed by atoms with van der Waals surface area (Å²) >= 11 is 5.22. The fourth-order valence-electron chi connectivity index (χ4n) is 4.08. The Bertz CT molecular complexity index is 1720. The van der Waals surface area contributed by atoms with Crippen molar-refractivity contribution < 1.29 is 65.4 Å². The summed E-state index contributed by atoms with van der Waals surface area (Å²) in [4.78, 5) is 60.5. The molecule has 2 saturated heterocycles. The zero-order valence-corrected chi connectivity index (χ0v) is 24.3. The van der Waals surface area contributed by atoms with Crippen molar-refractivity contribution in [3.63, 3.8) is 0 Å². The van der Waals surface area contributed by atoms with E-state index in [0.29, 0.717) is 0 Å². The van der Waals surface area contributed by atoms with Crippen LogP contribution >= 0.6 is 35.7 Å². The Hall–Kier alpha value is -2.46. The van der Waals surface area contributed by atoms with Crippen LogP contribution < -0.4 is 11.1 Å². The average Bonchev–Trinajstić information content (AvgIpc) is 3.59. The predicted molar refractivity (Wildman–Crippen MR) is 136 cm³/mol. The maximum Gasteiger partial charge on any atom is 0.490 e. The molecule has 0 spiro atoms. The second-order valence-corrected chi connectivity index (χ2v) is 13.5. The first-order chi connectivity index (χ1) is 19.5. The molecule has 3 aromatic rings. The minimum absolute atomic E-state index is 0.0517. The number of rotatable bonds is 10. The summed E-state index contributed by atoms with van der Waals surface area (Å²) in [5.41, 5.74) is 6.17. The number of fused-ring (bicyclic) bond motifs is 2. The van der Waals surface area contributed by atoms with E-state index in [9.17, 15) is 28.3 Å². The number of imidazole rings is 1. The molecular weight excluding hydrogens is 653 g/mol. The van der Waals surface area contributed by atoms with Gasteiger partial charge in [-0.25, -0.2) is 18.7 Å². The summed E-state index contributed by atoms with van der Waals surface area (Å²) in [6, 6.07) is 1.52. The first-order valence-corrected chi connectivity index (χ1v) is 16.2. The zero-order valence-electron chi connectivity index (χ0n) is 20.8. The van der Waals surface area contributed by atoms with E-state index >= 15 is 0 Å². The number of aromatic nitrogens is 6. The van der Waals surface area contributed by atoms with E-state index < -0.39 is 66.8 Å². The molecule has 5 rings (SSSR count). The SMILES string of the molecule is Cn1ccc(NC(=O)[C@@H]2OC3C(COP(=O)(O)OP(=O)(O)OP(=O)(O)O)OC(n4cnc5c(=S)[nH]c(N)nc54)C3O2)n1. The van der Waals surface area contributed by atoms with Gasteiger partial charge in [0.15, 0.2) is 17.7 Å². The van der Waals surface area contributed by atoms with Crippen LogP contribution in [-0.4, -0.2) is 86.0 Å². The molecule has 6 unspecified atom stereocenters. The van der Waals surface area contributed by atoms with Crippen LogP contribution in [0.3, 0.4) is 0 Å². The average molecular weight is 674 g/mol. The maximum atomic E-state index is 12.9. The number of nitrogen functional groups attached to an aromatic ring is 1. The summed E-state index contributed by atoms with van der Waals surface area (Å²) in [6.45, 7) is -0.887. The highest BCUT2D eigenvalue weighted by atomic mass is 32.1. The molecule has 26 heteroatoms. The van der Waals surface area contributed by atoms with Gasteiger partial charge in [0.2, 0.25) is 12.2 Å². The summed E-state index contributed by atoms with van der Waals surface area (Å²) in [7, 11) is -15.2. The van der Waals surface area contributed by atoms with Crippen LogP contribution in [0.4, 0.5) is 11.8 Å². The number of H-pyrrole nitrogens is 1. The van der Waals surface area contributed by atoms with Gasteiger partial charge in [-0.15, -0.1) is 0 Å². The molecule has 2 fully saturated rings. The van der Waals surface area contributed by atoms with Gasteiger partial charge in [-0.2, -0.15) is 18.7 Å². The number of phosphoric ester groups is 1. The van der Waals surface area contributed by atoms with Crippen LogP contribution in [0.1, 0.15) is 6.23 Å². The topological polar surface area (TPSA) is 307 Å². The molecule has 2 aliphatic rings. The van der Waals surface area contributed by atoms with Crippen LogP contribution in [-0.2, 0) is 52.9 Å². The molecule has 5 heterocycles. The zero-order chi connectivity index (χ0) is 30.6. The van der Waals surface area contributed by atoms with Gasteiger partial charge < -0.3 is 49.8 Å². The number of nitrogens with zero attached hydrogens (tertiary/aromatic N) is 5. The van der Waals surface area contributed by atoms with Crippen molar-refractivity contribution in [2.75, 3.05) is 17.7 Å². The van der Waals surface area contributed by atoms with E-state index in [2.05, 4.69) is 34.0 Å². The molecule has 0 aliphatic carbocycles. The van der Waals surface area contributed by atoms with Crippen molar-refractivity contribution in [2.45, 2.75) is 30.8 Å². The summed E-state index contributed by atoms with van der Waals surface area (Å²) in [5.74, 6) is -0.615. The molecule has 0 saturated carbocycles. The first kappa shape index (κ1) is 31.0. The van der Waals surface area contributed by atoms with Gasteiger partial charge >= 0.3 is 23.5 Å². The minimum Gasteiger partial charge on any atom is -0.369 e. The summed E-state index contributed by atoms with van der Waals surface area (Å²) < 4.78 is 67.4. The van der Waals surface area contributed by atoms with Crippen LogP contribution in [0.5, 0.6) is 0 Å². The van der Waals surface area contributed by atoms with Crippen molar-refractivity contribution in [1.82, 2.24) is 29.3 Å². The molecule has 7 atom stereocenters. The van der Waals surface area contributed by atoms with Crippen LogP contribution in [0.15, 0.2) is 18.6 Å². The van der Waals surface area contributed by atoms with E-state index in [-0.39, 0.29) is 27.6 Å². The van der Waals surface area contributed by atoms with Crippen LogP contribution in [0.2, 0.25) is 0 Å². The quantitative estimate of drug-likeness (QED) is 0.108. The number of aryl methyl sites for hydroxylation is 1. The van der Waals surface area contributed by atoms with Crippen LogP contribution in [0.25, 0.3) is 11.2 Å². The maximum absolute atomic E-state index is 12.9. The van der Waals surface area contributed by atoms with Gasteiger partial charge in [0.05, 0.1) is 12.9 Å². The third-order valence-electron chi connectivity index (χ3n) is 5.57. The molecule has 42 heavy (non-hydrogen) atoms. The number of amides is 1. The Labute approximate surface area is 238 Å². The number of carbonyl (C=O) groups is 1. The number of nitrogens with two attached hydrogens (primary N) is 1. The minimum atomic E-state index is -5.77. The molecular formula is C16H21N8O14P3S. The number of hydrogen-bond donors (Lipinski definition) is 7. The molecule has 0 aromatic carbocycles. The predicted octanol–water partition coefficient (Wildman–Crippen LogP) is -0.206. The van der Waals surface area contributed by atoms with Gasteiger partial charge in [0.1, 0.15) is 28.5 Å². The Balaban J connectivity index is 1.38. The summed E-state index contributed by atoms with van der Waals surface area (Å²) in [6.07, 6.45) is -3.41. The van der Waals surface area contributed by atoms with Crippen molar-refractivity contribution >= 4 is 64.5 Å². The number of anilines is 2. The highest BCUT2D eigenvalue weighted by Crippen LogP contribution is 2.66. The lowest BCUT2D eigenvalue weighted by molar-refractivity contribution is -0.166. The molecule has 230 valence electrons. The van der Waals surface area contributed by atoms with E-state index in [0.717, 1.165) is 0 Å². The number of nitrogens with one attached hydrogen (secondary N) is 2. The van der Waals surface area contributed by atoms with E-state index in [1.165, 1.54) is 21.6 Å². The van der Waals surface area contributed by atoms with Crippen LogP contribution in [0, 0.1) is 4.64 Å². The Morgan fingerprint density at radius 3 is 2.55 bits per heavy atom. The fraction of sp³-hybridized carbons (Fsp3) is 0.438. The molecule has 1 amide bonds. The molecule has 8 N–H and O–H groups in total. The monoisotopic (exact) mass is 674 g/mol. The Morgan fingerprint density at radius 2 is 1.88 bits per heavy atom. The fourth-order valence-corrected chi connectivity index (χ4v) is 7.36. The van der Waals surface area contributed by atoms with E-state index in [1.54, 1.807) is 13.2 Å². The third kappa shape index (κ3) is 6.85. The lowest BCUT2D eigenvalue weighted by Crippen LogP contribution is -2.34. The van der Waals surface area contributed by atoms with Gasteiger partial charge in [-0.1, -0.05) is 12.2 Å². The molecule has 3 aromatic heterocycles. The standard InChI is InChI=1S/C16H21N8O14P3S/c1-23-3-2-7(22-23)19-12(25)15-35-9-6(4-33-40(29,30)38-41(31,32)37-39(26,27)28)34-14(10(9)36-15)24-5-18-8-11(24)20-16(17)21-13(8)42/h2-3,5-6,9-10,14-15H,4H2,1H3,(H,29,30)(H,31,32)(H,19,22,25)(H2,26,27,28)(H3,17,20,21,42)/t6?,9?,10?,14?,15-/m1/s1. The van der Waals surface area contributed by atoms with Gasteiger partial charge in [0.25, 0.3) is 5.91 Å².